The Bertz CT molecular complexity index is 2940. The van der Waals surface area contributed by atoms with E-state index in [2.05, 4.69) is 36.0 Å². The molecule has 0 aliphatic carbocycles. The molecule has 0 aliphatic heterocycles. The Hall–Kier alpha value is -5.63. The van der Waals surface area contributed by atoms with Crippen LogP contribution in [0.5, 0.6) is 17.2 Å². The Morgan fingerprint density at radius 1 is 0.750 bits per heavy atom. The number of carbonyl (C=O) groups excluding carboxylic acids is 1. The summed E-state index contributed by atoms with van der Waals surface area (Å²) in [5, 5.41) is 58.3. The molecule has 0 spiro atoms. The quantitative estimate of drug-likeness (QED) is 0.0328. The summed E-state index contributed by atoms with van der Waals surface area (Å²) in [5.41, 5.74) is -0.838. The van der Waals surface area contributed by atoms with E-state index in [9.17, 15) is 60.6 Å². The van der Waals surface area contributed by atoms with E-state index in [1.54, 1.807) is 0 Å². The van der Waals surface area contributed by atoms with Crippen molar-refractivity contribution in [1.29, 1.82) is 5.26 Å². The van der Waals surface area contributed by atoms with E-state index in [4.69, 9.17) is 4.74 Å². The monoisotopic (exact) mass is 947 g/mol. The van der Waals surface area contributed by atoms with Crippen molar-refractivity contribution in [2.75, 3.05) is 12.4 Å². The van der Waals surface area contributed by atoms with Crippen molar-refractivity contribution < 1.29 is 77.1 Å². The van der Waals surface area contributed by atoms with Crippen molar-refractivity contribution in [3.05, 3.63) is 78.4 Å². The molecule has 5 aromatic carbocycles. The molecule has 10 N–H and O–H groups in total. The molecular weight excluding hydrogens is 920 g/mol. The van der Waals surface area contributed by atoms with E-state index in [1.165, 1.54) is 62.6 Å². The molecule has 0 unspecified atom stereocenters. The summed E-state index contributed by atoms with van der Waals surface area (Å²) in [6.07, 6.45) is 0. The van der Waals surface area contributed by atoms with Crippen LogP contribution >= 0.6 is 33.1 Å². The van der Waals surface area contributed by atoms with Crippen LogP contribution in [0.1, 0.15) is 12.5 Å². The SMILES string of the molecule is COc1cc(N=Nc2c(S(O)(O)O)cc3ccc(NC(C)=O)cc3c2O)c(O)cc1N=Nc1sc(N=Nc2cc(S(=O)(=O)O)c3cccc(S(O)(O)O)c3c2)cc1C#N.[Cu]. The number of nitriles is 1. The van der Waals surface area contributed by atoms with Crippen LogP contribution in [0.4, 0.5) is 38.4 Å². The van der Waals surface area contributed by atoms with Gasteiger partial charge in [0.1, 0.15) is 66.3 Å². The third-order valence-electron chi connectivity index (χ3n) is 8.01. The van der Waals surface area contributed by atoms with E-state index in [-0.39, 0.29) is 77.0 Å². The van der Waals surface area contributed by atoms with Gasteiger partial charge in [0.25, 0.3) is 10.1 Å². The van der Waals surface area contributed by atoms with Crippen molar-refractivity contribution in [3.8, 4) is 23.3 Å². The molecule has 0 aliphatic rings. The van der Waals surface area contributed by atoms with Gasteiger partial charge in [0.2, 0.25) is 5.91 Å². The Kier molecular flexibility index (Phi) is 13.3. The number of carbonyl (C=O) groups is 1. The Labute approximate surface area is 356 Å². The molecule has 21 nitrogen and oxygen atoms in total. The second-order valence-corrected chi connectivity index (χ2v) is 17.4. The molecule has 60 heavy (non-hydrogen) atoms. The largest absolute Gasteiger partial charge is 0.506 e. The molecule has 1 radical (unpaired) electrons. The zero-order chi connectivity index (χ0) is 43.0. The molecule has 1 heterocycles. The number of phenols is 2. The van der Waals surface area contributed by atoms with Gasteiger partial charge in [0.05, 0.1) is 28.2 Å². The Balaban J connectivity index is 0.00000683. The first-order valence-corrected chi connectivity index (χ1v) is 21.3. The summed E-state index contributed by atoms with van der Waals surface area (Å²) < 4.78 is 99.7. The number of nitrogens with one attached hydrogen (secondary N) is 1. The van der Waals surface area contributed by atoms with Gasteiger partial charge in [-0.25, -0.2) is 0 Å². The van der Waals surface area contributed by atoms with Gasteiger partial charge >= 0.3 is 0 Å². The number of benzene rings is 5. The first-order valence-electron chi connectivity index (χ1n) is 16.0. The van der Waals surface area contributed by atoms with Crippen molar-refractivity contribution >= 4 is 109 Å². The van der Waals surface area contributed by atoms with E-state index in [0.717, 1.165) is 35.6 Å². The average molecular weight is 948 g/mol. The topological polar surface area (TPSA) is 352 Å². The standard InChI is InChI=1S/C34H28N8O13S4.Cu/c1-16(43)36-19-7-6-17-8-30(59(52,53)54)32(33(45)22(17)10-19)41-38-24-14-27(55-2)25(13-26(24)44)39-42-34-18(15-35)9-31(56-34)40-37-20-11-23-21(29(12-20)58(49,50)51)4-3-5-28(23)57(46,47)48;/h3-14,44-48,52-54H,1-2H3,(H,36,43)(H,49,50,51);. The summed E-state index contributed by atoms with van der Waals surface area (Å²) in [6, 6.07) is 16.7. The number of azo groups is 3. The number of anilines is 1. The van der Waals surface area contributed by atoms with Gasteiger partial charge in [-0.05, 0) is 47.9 Å². The van der Waals surface area contributed by atoms with Gasteiger partial charge in [-0.1, -0.05) is 29.5 Å². The molecule has 6 rings (SSSR count). The van der Waals surface area contributed by atoms with E-state index in [0.29, 0.717) is 5.69 Å². The number of phenolic OH excluding ortho intramolecular Hbond substituents is 2. The van der Waals surface area contributed by atoms with Crippen LogP contribution in [-0.2, 0) is 32.0 Å². The first kappa shape index (κ1) is 45.5. The number of aromatic hydroxyl groups is 2. The second-order valence-electron chi connectivity index (χ2n) is 12.0. The molecular formula is C34H28CuN8O13S4. The summed E-state index contributed by atoms with van der Waals surface area (Å²) in [7, 11) is -12.4. The van der Waals surface area contributed by atoms with Crippen molar-refractivity contribution in [2.45, 2.75) is 21.6 Å². The number of amides is 1. The van der Waals surface area contributed by atoms with Crippen LogP contribution in [0.2, 0.25) is 0 Å². The average Bonchev–Trinajstić information content (AvgIpc) is 3.56. The number of nitrogens with zero attached hydrogens (tertiary/aromatic N) is 7. The maximum absolute atomic E-state index is 12.2. The van der Waals surface area contributed by atoms with Gasteiger partial charge in [-0.3, -0.25) is 9.35 Å². The minimum absolute atomic E-state index is 0. The summed E-state index contributed by atoms with van der Waals surface area (Å²) in [5.74, 6) is -1.62. The summed E-state index contributed by atoms with van der Waals surface area (Å²) in [4.78, 5) is 9.88. The van der Waals surface area contributed by atoms with Crippen LogP contribution < -0.4 is 10.1 Å². The van der Waals surface area contributed by atoms with Gasteiger partial charge in [-0.15, -0.1) is 30.7 Å². The zero-order valence-electron chi connectivity index (χ0n) is 30.2. The number of thiophene rings is 1. The van der Waals surface area contributed by atoms with E-state index in [1.807, 2.05) is 6.07 Å². The molecule has 317 valence electrons. The predicted molar refractivity (Wildman–Crippen MR) is 217 cm³/mol. The van der Waals surface area contributed by atoms with Crippen LogP contribution in [-0.4, -0.2) is 63.5 Å². The number of ether oxygens (including phenoxy) is 1. The Morgan fingerprint density at radius 2 is 1.45 bits per heavy atom. The van der Waals surface area contributed by atoms with E-state index < -0.39 is 69.6 Å². The molecule has 0 atom stereocenters. The third kappa shape index (κ3) is 9.86. The first-order chi connectivity index (χ1) is 27.7. The van der Waals surface area contributed by atoms with Crippen molar-refractivity contribution in [1.82, 2.24) is 0 Å². The van der Waals surface area contributed by atoms with Gasteiger partial charge in [0.15, 0.2) is 10.8 Å². The second kappa shape index (κ2) is 17.5. The number of fused-ring (bicyclic) bond motifs is 2. The molecule has 1 aromatic heterocycles. The number of methoxy groups -OCH3 is 1. The van der Waals surface area contributed by atoms with Crippen LogP contribution in [0.3, 0.4) is 0 Å². The van der Waals surface area contributed by atoms with Crippen LogP contribution in [0.25, 0.3) is 21.5 Å². The fourth-order valence-corrected chi connectivity index (χ4v) is 8.38. The fraction of sp³-hybridized carbons (Fsp3) is 0.0588. The van der Waals surface area contributed by atoms with Gasteiger partial charge < -0.3 is 47.6 Å². The van der Waals surface area contributed by atoms with Crippen molar-refractivity contribution in [2.24, 2.45) is 30.7 Å². The third-order valence-corrected chi connectivity index (χ3v) is 11.7. The van der Waals surface area contributed by atoms with Crippen LogP contribution in [0, 0.1) is 11.3 Å². The zero-order valence-corrected chi connectivity index (χ0v) is 34.4. The molecule has 0 fully saturated rings. The van der Waals surface area contributed by atoms with Gasteiger partial charge in [-0.2, -0.15) is 13.7 Å². The molecule has 0 saturated heterocycles. The number of hydrogen-bond acceptors (Lipinski definition) is 20. The minimum Gasteiger partial charge on any atom is -0.506 e. The number of hydrogen-bond donors (Lipinski definition) is 10. The fourth-order valence-electron chi connectivity index (χ4n) is 5.50. The minimum atomic E-state index is -4.88. The Morgan fingerprint density at radius 3 is 2.08 bits per heavy atom. The maximum atomic E-state index is 12.2. The smallest absolute Gasteiger partial charge is 0.295 e. The number of rotatable bonds is 11. The predicted octanol–water partition coefficient (Wildman–Crippen LogP) is 11.0. The molecule has 26 heteroatoms. The van der Waals surface area contributed by atoms with Gasteiger partial charge in [0, 0.05) is 58.0 Å². The summed E-state index contributed by atoms with van der Waals surface area (Å²) >= 11 is 0.812. The molecule has 0 bridgehead atoms. The molecule has 1 amide bonds. The maximum Gasteiger partial charge on any atom is 0.295 e. The summed E-state index contributed by atoms with van der Waals surface area (Å²) in [6.45, 7) is 1.28. The van der Waals surface area contributed by atoms with Crippen molar-refractivity contribution in [3.63, 3.8) is 0 Å². The molecule has 0 saturated carbocycles. The van der Waals surface area contributed by atoms with Crippen LogP contribution in [0.15, 0.2) is 118 Å². The normalized spacial score (nSPS) is 12.9. The molecule has 6 aromatic rings. The van der Waals surface area contributed by atoms with E-state index >= 15 is 0 Å².